The van der Waals surface area contributed by atoms with Crippen molar-refractivity contribution in [3.05, 3.63) is 58.5 Å². The molecular weight excluding hydrogens is 310 g/mol. The highest BCUT2D eigenvalue weighted by atomic mass is 79.9. The van der Waals surface area contributed by atoms with E-state index < -0.39 is 6.10 Å². The molecule has 0 aliphatic rings. The van der Waals surface area contributed by atoms with Crippen molar-refractivity contribution in [3.63, 3.8) is 0 Å². The SMILES string of the molecule is O=C(Cc1ccccc1Br)NCC(O)c1ccco1. The maximum Gasteiger partial charge on any atom is 0.224 e. The zero-order valence-electron chi connectivity index (χ0n) is 10.2. The highest BCUT2D eigenvalue weighted by molar-refractivity contribution is 9.10. The normalized spacial score (nSPS) is 12.1. The Hall–Kier alpha value is -1.59. The van der Waals surface area contributed by atoms with Crippen LogP contribution in [-0.2, 0) is 11.2 Å². The van der Waals surface area contributed by atoms with Crippen molar-refractivity contribution < 1.29 is 14.3 Å². The number of hydrogen-bond donors (Lipinski definition) is 2. The molecule has 19 heavy (non-hydrogen) atoms. The Balaban J connectivity index is 1.84. The first kappa shape index (κ1) is 13.8. The molecule has 2 rings (SSSR count). The van der Waals surface area contributed by atoms with E-state index in [9.17, 15) is 9.90 Å². The molecule has 1 atom stereocenters. The van der Waals surface area contributed by atoms with E-state index in [4.69, 9.17) is 4.42 Å². The first-order chi connectivity index (χ1) is 9.16. The van der Waals surface area contributed by atoms with Gasteiger partial charge in [-0.3, -0.25) is 4.79 Å². The lowest BCUT2D eigenvalue weighted by Crippen LogP contribution is -2.29. The Morgan fingerprint density at radius 2 is 2.11 bits per heavy atom. The summed E-state index contributed by atoms with van der Waals surface area (Å²) in [4.78, 5) is 11.8. The molecule has 2 N–H and O–H groups in total. The largest absolute Gasteiger partial charge is 0.467 e. The number of hydrogen-bond acceptors (Lipinski definition) is 3. The summed E-state index contributed by atoms with van der Waals surface area (Å²) < 4.78 is 5.96. The molecule has 1 aromatic carbocycles. The van der Waals surface area contributed by atoms with Crippen LogP contribution in [0.1, 0.15) is 17.4 Å². The Morgan fingerprint density at radius 1 is 1.32 bits per heavy atom. The van der Waals surface area contributed by atoms with Gasteiger partial charge in [0.1, 0.15) is 11.9 Å². The fraction of sp³-hybridized carbons (Fsp3) is 0.214. The number of aliphatic hydroxyl groups excluding tert-OH is 1. The molecule has 0 saturated heterocycles. The molecule has 0 bridgehead atoms. The number of carbonyl (C=O) groups is 1. The predicted molar refractivity (Wildman–Crippen MR) is 74.5 cm³/mol. The van der Waals surface area contributed by atoms with Crippen LogP contribution in [0.2, 0.25) is 0 Å². The first-order valence-corrected chi connectivity index (χ1v) is 6.67. The minimum Gasteiger partial charge on any atom is -0.467 e. The smallest absolute Gasteiger partial charge is 0.224 e. The van der Waals surface area contributed by atoms with Crippen LogP contribution in [0.15, 0.2) is 51.6 Å². The van der Waals surface area contributed by atoms with Gasteiger partial charge in [0.05, 0.1) is 19.2 Å². The van der Waals surface area contributed by atoms with E-state index in [0.29, 0.717) is 5.76 Å². The highest BCUT2D eigenvalue weighted by Gasteiger charge is 2.12. The van der Waals surface area contributed by atoms with Gasteiger partial charge in [-0.05, 0) is 23.8 Å². The molecule has 1 heterocycles. The molecule has 100 valence electrons. The van der Waals surface area contributed by atoms with Crippen molar-refractivity contribution in [3.8, 4) is 0 Å². The molecular formula is C14H14BrNO3. The third-order valence-corrected chi connectivity index (χ3v) is 3.45. The second-order valence-corrected chi connectivity index (χ2v) is 4.96. The summed E-state index contributed by atoms with van der Waals surface area (Å²) in [6.07, 6.45) is 0.937. The molecule has 1 aromatic heterocycles. The molecule has 0 radical (unpaired) electrons. The minimum atomic E-state index is -0.821. The molecule has 1 amide bonds. The van der Waals surface area contributed by atoms with Gasteiger partial charge in [-0.15, -0.1) is 0 Å². The van der Waals surface area contributed by atoms with Crippen LogP contribution in [-0.4, -0.2) is 17.6 Å². The number of aliphatic hydroxyl groups is 1. The van der Waals surface area contributed by atoms with E-state index in [-0.39, 0.29) is 18.9 Å². The summed E-state index contributed by atoms with van der Waals surface area (Å²) in [5.41, 5.74) is 0.910. The van der Waals surface area contributed by atoms with E-state index in [2.05, 4.69) is 21.2 Å². The molecule has 4 nitrogen and oxygen atoms in total. The summed E-state index contributed by atoms with van der Waals surface area (Å²) in [5.74, 6) is 0.304. The standard InChI is InChI=1S/C14H14BrNO3/c15-11-5-2-1-4-10(11)8-14(18)16-9-12(17)13-6-3-7-19-13/h1-7,12,17H,8-9H2,(H,16,18). The van der Waals surface area contributed by atoms with Gasteiger partial charge in [0.25, 0.3) is 0 Å². The maximum absolute atomic E-state index is 11.8. The number of halogens is 1. The second-order valence-electron chi connectivity index (χ2n) is 4.10. The number of furan rings is 1. The average Bonchev–Trinajstić information content (AvgIpc) is 2.93. The quantitative estimate of drug-likeness (QED) is 0.888. The number of rotatable bonds is 5. The summed E-state index contributed by atoms with van der Waals surface area (Å²) in [6.45, 7) is 0.136. The summed E-state index contributed by atoms with van der Waals surface area (Å²) in [5, 5.41) is 12.4. The number of benzene rings is 1. The first-order valence-electron chi connectivity index (χ1n) is 5.88. The lowest BCUT2D eigenvalue weighted by Gasteiger charge is -2.10. The lowest BCUT2D eigenvalue weighted by atomic mass is 10.1. The lowest BCUT2D eigenvalue weighted by molar-refractivity contribution is -0.120. The van der Waals surface area contributed by atoms with Crippen LogP contribution < -0.4 is 5.32 Å². The zero-order valence-corrected chi connectivity index (χ0v) is 11.8. The summed E-state index contributed by atoms with van der Waals surface area (Å²) in [6, 6.07) is 10.9. The van der Waals surface area contributed by atoms with Gasteiger partial charge in [-0.2, -0.15) is 0 Å². The fourth-order valence-electron chi connectivity index (χ4n) is 1.67. The minimum absolute atomic E-state index is 0.136. The van der Waals surface area contributed by atoms with Gasteiger partial charge in [0.2, 0.25) is 5.91 Å². The van der Waals surface area contributed by atoms with E-state index in [1.807, 2.05) is 24.3 Å². The topological polar surface area (TPSA) is 62.5 Å². The maximum atomic E-state index is 11.8. The van der Waals surface area contributed by atoms with E-state index >= 15 is 0 Å². The van der Waals surface area contributed by atoms with Gasteiger partial charge in [0.15, 0.2) is 0 Å². The Morgan fingerprint density at radius 3 is 2.79 bits per heavy atom. The van der Waals surface area contributed by atoms with Crippen molar-refractivity contribution in [1.82, 2.24) is 5.32 Å². The Labute approximate surface area is 119 Å². The van der Waals surface area contributed by atoms with Gasteiger partial charge in [-0.25, -0.2) is 0 Å². The summed E-state index contributed by atoms with van der Waals surface area (Å²) >= 11 is 3.39. The molecule has 0 aliphatic carbocycles. The van der Waals surface area contributed by atoms with Crippen LogP contribution in [0.5, 0.6) is 0 Å². The van der Waals surface area contributed by atoms with E-state index in [1.54, 1.807) is 12.1 Å². The molecule has 0 fully saturated rings. The monoisotopic (exact) mass is 323 g/mol. The van der Waals surface area contributed by atoms with Gasteiger partial charge in [-0.1, -0.05) is 34.1 Å². The van der Waals surface area contributed by atoms with E-state index in [0.717, 1.165) is 10.0 Å². The Bertz CT molecular complexity index is 539. The predicted octanol–water partition coefficient (Wildman–Crippen LogP) is 2.43. The third kappa shape index (κ3) is 3.94. The van der Waals surface area contributed by atoms with Crippen LogP contribution >= 0.6 is 15.9 Å². The average molecular weight is 324 g/mol. The highest BCUT2D eigenvalue weighted by Crippen LogP contribution is 2.16. The molecule has 0 spiro atoms. The van der Waals surface area contributed by atoms with Crippen molar-refractivity contribution in [2.24, 2.45) is 0 Å². The van der Waals surface area contributed by atoms with E-state index in [1.165, 1.54) is 6.26 Å². The van der Waals surface area contributed by atoms with Gasteiger partial charge >= 0.3 is 0 Å². The van der Waals surface area contributed by atoms with Crippen molar-refractivity contribution >= 4 is 21.8 Å². The fourth-order valence-corrected chi connectivity index (χ4v) is 2.09. The van der Waals surface area contributed by atoms with Crippen molar-refractivity contribution in [2.45, 2.75) is 12.5 Å². The second kappa shape index (κ2) is 6.54. The van der Waals surface area contributed by atoms with Crippen LogP contribution in [0, 0.1) is 0 Å². The van der Waals surface area contributed by atoms with Crippen molar-refractivity contribution in [1.29, 1.82) is 0 Å². The van der Waals surface area contributed by atoms with Gasteiger partial charge in [0, 0.05) is 4.47 Å². The van der Waals surface area contributed by atoms with Crippen LogP contribution in [0.4, 0.5) is 0 Å². The number of amides is 1. The molecule has 5 heteroatoms. The van der Waals surface area contributed by atoms with Crippen LogP contribution in [0.25, 0.3) is 0 Å². The molecule has 1 unspecified atom stereocenters. The molecule has 0 saturated carbocycles. The molecule has 2 aromatic rings. The van der Waals surface area contributed by atoms with Crippen molar-refractivity contribution in [2.75, 3.05) is 6.54 Å². The third-order valence-electron chi connectivity index (χ3n) is 2.67. The number of nitrogens with one attached hydrogen (secondary N) is 1. The zero-order chi connectivity index (χ0) is 13.7. The number of carbonyl (C=O) groups excluding carboxylic acids is 1. The van der Waals surface area contributed by atoms with Crippen LogP contribution in [0.3, 0.4) is 0 Å². The van der Waals surface area contributed by atoms with Gasteiger partial charge < -0.3 is 14.8 Å². The Kier molecular flexibility index (Phi) is 4.76. The molecule has 0 aliphatic heterocycles. The summed E-state index contributed by atoms with van der Waals surface area (Å²) in [7, 11) is 0.